The summed E-state index contributed by atoms with van der Waals surface area (Å²) in [5, 5.41) is 8.72. The molecule has 0 aliphatic rings. The van der Waals surface area contributed by atoms with Crippen molar-refractivity contribution in [3.8, 4) is 0 Å². The highest BCUT2D eigenvalue weighted by atomic mass is 32.1. The van der Waals surface area contributed by atoms with Crippen molar-refractivity contribution in [2.75, 3.05) is 0 Å². The Kier molecular flexibility index (Phi) is 2.66. The molecule has 0 bridgehead atoms. The topological polar surface area (TPSA) is 76.2 Å². The molecule has 0 aliphatic carbocycles. The molecule has 3 N–H and O–H groups in total. The van der Waals surface area contributed by atoms with Crippen LogP contribution in [-0.4, -0.2) is 22.1 Å². The van der Waals surface area contributed by atoms with E-state index >= 15 is 0 Å². The van der Waals surface area contributed by atoms with Crippen LogP contribution in [0.5, 0.6) is 0 Å². The standard InChI is InChI=1S/C10H10N2O2S/c11-7(10(13)14)4-6-2-1-3-8-9(6)12-5-15-8/h1-3,5,7H,4,11H2,(H,13,14). The molecule has 1 aromatic heterocycles. The summed E-state index contributed by atoms with van der Waals surface area (Å²) in [4.78, 5) is 14.8. The third-order valence-electron chi connectivity index (χ3n) is 2.20. The molecule has 2 rings (SSSR count). The number of aromatic nitrogens is 1. The van der Waals surface area contributed by atoms with Gasteiger partial charge in [0.25, 0.3) is 0 Å². The Morgan fingerprint density at radius 3 is 3.13 bits per heavy atom. The molecule has 15 heavy (non-hydrogen) atoms. The summed E-state index contributed by atoms with van der Waals surface area (Å²) in [5.41, 5.74) is 8.99. The highest BCUT2D eigenvalue weighted by molar-refractivity contribution is 7.16. The Labute approximate surface area is 90.4 Å². The SMILES string of the molecule is NC(Cc1cccc2scnc12)C(=O)O. The molecular formula is C10H10N2O2S. The fourth-order valence-electron chi connectivity index (χ4n) is 1.43. The molecule has 0 aliphatic heterocycles. The van der Waals surface area contributed by atoms with Crippen LogP contribution < -0.4 is 5.73 Å². The molecule has 1 heterocycles. The number of nitrogens with two attached hydrogens (primary N) is 1. The molecular weight excluding hydrogens is 212 g/mol. The summed E-state index contributed by atoms with van der Waals surface area (Å²) in [7, 11) is 0. The predicted molar refractivity (Wildman–Crippen MR) is 58.9 cm³/mol. The van der Waals surface area contributed by atoms with E-state index in [2.05, 4.69) is 4.98 Å². The average molecular weight is 222 g/mol. The molecule has 0 spiro atoms. The molecule has 4 nitrogen and oxygen atoms in total. The van der Waals surface area contributed by atoms with Gasteiger partial charge in [0.2, 0.25) is 0 Å². The van der Waals surface area contributed by atoms with Crippen molar-refractivity contribution >= 4 is 27.5 Å². The zero-order valence-corrected chi connectivity index (χ0v) is 8.70. The van der Waals surface area contributed by atoms with Crippen molar-refractivity contribution in [3.63, 3.8) is 0 Å². The first-order valence-corrected chi connectivity index (χ1v) is 5.36. The van der Waals surface area contributed by atoms with E-state index in [0.717, 1.165) is 15.8 Å². The van der Waals surface area contributed by atoms with Crippen LogP contribution in [0.15, 0.2) is 23.7 Å². The summed E-state index contributed by atoms with van der Waals surface area (Å²) in [6.07, 6.45) is 0.316. The number of carbonyl (C=O) groups is 1. The second kappa shape index (κ2) is 3.96. The number of thiazole rings is 1. The maximum atomic E-state index is 10.6. The Morgan fingerprint density at radius 1 is 1.60 bits per heavy atom. The van der Waals surface area contributed by atoms with Crippen LogP contribution in [0.2, 0.25) is 0 Å². The van der Waals surface area contributed by atoms with E-state index < -0.39 is 12.0 Å². The van der Waals surface area contributed by atoms with Gasteiger partial charge in [-0.05, 0) is 11.6 Å². The minimum Gasteiger partial charge on any atom is -0.480 e. The number of fused-ring (bicyclic) bond motifs is 1. The van der Waals surface area contributed by atoms with Crippen molar-refractivity contribution in [2.45, 2.75) is 12.5 Å². The van der Waals surface area contributed by atoms with Crippen molar-refractivity contribution in [3.05, 3.63) is 29.3 Å². The lowest BCUT2D eigenvalue weighted by molar-refractivity contribution is -0.138. The largest absolute Gasteiger partial charge is 0.480 e. The van der Waals surface area contributed by atoms with Crippen molar-refractivity contribution in [1.82, 2.24) is 4.98 Å². The van der Waals surface area contributed by atoms with Crippen molar-refractivity contribution in [2.24, 2.45) is 5.73 Å². The fraction of sp³-hybridized carbons (Fsp3) is 0.200. The quantitative estimate of drug-likeness (QED) is 0.819. The monoisotopic (exact) mass is 222 g/mol. The Hall–Kier alpha value is -1.46. The maximum Gasteiger partial charge on any atom is 0.320 e. The third kappa shape index (κ3) is 1.98. The van der Waals surface area contributed by atoms with E-state index in [9.17, 15) is 4.79 Å². The van der Waals surface area contributed by atoms with Gasteiger partial charge in [-0.3, -0.25) is 4.79 Å². The van der Waals surface area contributed by atoms with Crippen LogP contribution in [0.3, 0.4) is 0 Å². The molecule has 1 unspecified atom stereocenters. The van der Waals surface area contributed by atoms with E-state index in [-0.39, 0.29) is 0 Å². The van der Waals surface area contributed by atoms with E-state index in [4.69, 9.17) is 10.8 Å². The summed E-state index contributed by atoms with van der Waals surface area (Å²) in [6.45, 7) is 0. The third-order valence-corrected chi connectivity index (χ3v) is 3.00. The number of hydrogen-bond donors (Lipinski definition) is 2. The van der Waals surface area contributed by atoms with Crippen LogP contribution in [0.1, 0.15) is 5.56 Å². The highest BCUT2D eigenvalue weighted by Gasteiger charge is 2.14. The lowest BCUT2D eigenvalue weighted by Crippen LogP contribution is -2.32. The number of benzene rings is 1. The number of nitrogens with zero attached hydrogens (tertiary/aromatic N) is 1. The molecule has 0 amide bonds. The van der Waals surface area contributed by atoms with Gasteiger partial charge in [-0.2, -0.15) is 0 Å². The van der Waals surface area contributed by atoms with Gasteiger partial charge in [0, 0.05) is 6.42 Å². The van der Waals surface area contributed by atoms with Crippen molar-refractivity contribution in [1.29, 1.82) is 0 Å². The number of carboxylic acids is 1. The lowest BCUT2D eigenvalue weighted by Gasteiger charge is -2.06. The van der Waals surface area contributed by atoms with Crippen LogP contribution in [0, 0.1) is 0 Å². The summed E-state index contributed by atoms with van der Waals surface area (Å²) in [5.74, 6) is -0.984. The molecule has 2 aromatic rings. The molecule has 1 aromatic carbocycles. The minimum absolute atomic E-state index is 0.316. The summed E-state index contributed by atoms with van der Waals surface area (Å²) >= 11 is 1.54. The fourth-order valence-corrected chi connectivity index (χ4v) is 2.16. The Morgan fingerprint density at radius 2 is 2.40 bits per heavy atom. The second-order valence-corrected chi connectivity index (χ2v) is 4.15. The molecule has 0 saturated heterocycles. The molecule has 0 radical (unpaired) electrons. The van der Waals surface area contributed by atoms with Gasteiger partial charge in [-0.1, -0.05) is 12.1 Å². The maximum absolute atomic E-state index is 10.6. The first kappa shape index (κ1) is 10.1. The van der Waals surface area contributed by atoms with Crippen LogP contribution >= 0.6 is 11.3 Å². The van der Waals surface area contributed by atoms with Crippen LogP contribution in [0.4, 0.5) is 0 Å². The highest BCUT2D eigenvalue weighted by Crippen LogP contribution is 2.21. The summed E-state index contributed by atoms with van der Waals surface area (Å²) < 4.78 is 1.06. The van der Waals surface area contributed by atoms with E-state index in [1.165, 1.54) is 11.3 Å². The molecule has 78 valence electrons. The smallest absolute Gasteiger partial charge is 0.320 e. The predicted octanol–water partition coefficient (Wildman–Crippen LogP) is 1.25. The van der Waals surface area contributed by atoms with Gasteiger partial charge >= 0.3 is 5.97 Å². The Bertz CT molecular complexity index is 495. The van der Waals surface area contributed by atoms with E-state index in [0.29, 0.717) is 6.42 Å². The second-order valence-electron chi connectivity index (χ2n) is 3.27. The average Bonchev–Trinajstić information content (AvgIpc) is 2.66. The minimum atomic E-state index is -0.984. The number of aliphatic carboxylic acids is 1. The number of carboxylic acid groups (broad SMARTS) is 1. The van der Waals surface area contributed by atoms with Crippen LogP contribution in [-0.2, 0) is 11.2 Å². The van der Waals surface area contributed by atoms with E-state index in [1.54, 1.807) is 5.51 Å². The summed E-state index contributed by atoms with van der Waals surface area (Å²) in [6, 6.07) is 4.86. The van der Waals surface area contributed by atoms with Crippen LogP contribution in [0.25, 0.3) is 10.2 Å². The van der Waals surface area contributed by atoms with Gasteiger partial charge in [-0.15, -0.1) is 11.3 Å². The number of para-hydroxylation sites is 1. The van der Waals surface area contributed by atoms with E-state index in [1.807, 2.05) is 18.2 Å². The number of rotatable bonds is 3. The van der Waals surface area contributed by atoms with Gasteiger partial charge in [0.05, 0.1) is 15.7 Å². The zero-order valence-electron chi connectivity index (χ0n) is 7.88. The van der Waals surface area contributed by atoms with Gasteiger partial charge < -0.3 is 10.8 Å². The van der Waals surface area contributed by atoms with Gasteiger partial charge in [0.15, 0.2) is 0 Å². The lowest BCUT2D eigenvalue weighted by atomic mass is 10.1. The first-order chi connectivity index (χ1) is 7.18. The number of hydrogen-bond acceptors (Lipinski definition) is 4. The first-order valence-electron chi connectivity index (χ1n) is 4.48. The molecule has 0 saturated carbocycles. The van der Waals surface area contributed by atoms with Crippen molar-refractivity contribution < 1.29 is 9.90 Å². The zero-order chi connectivity index (χ0) is 10.8. The molecule has 1 atom stereocenters. The Balaban J connectivity index is 2.35. The van der Waals surface area contributed by atoms with Gasteiger partial charge in [0.1, 0.15) is 6.04 Å². The van der Waals surface area contributed by atoms with Gasteiger partial charge in [-0.25, -0.2) is 4.98 Å². The molecule has 0 fully saturated rings. The molecule has 5 heteroatoms. The normalized spacial score (nSPS) is 12.9.